The molecular formula is C21H14FN3O. The second-order valence-corrected chi connectivity index (χ2v) is 6.06. The Labute approximate surface area is 148 Å². The Bertz CT molecular complexity index is 1220. The fourth-order valence-electron chi connectivity index (χ4n) is 3.47. The van der Waals surface area contributed by atoms with Crippen LogP contribution in [-0.4, -0.2) is 10.5 Å². The Morgan fingerprint density at radius 3 is 2.62 bits per heavy atom. The zero-order valence-corrected chi connectivity index (χ0v) is 13.7. The number of para-hydroxylation sites is 1. The fraction of sp³-hybridized carbons (Fsp3) is 0.0476. The Balaban J connectivity index is 2.09. The molecule has 0 aliphatic carbocycles. The lowest BCUT2D eigenvalue weighted by Gasteiger charge is -2.10. The quantitative estimate of drug-likeness (QED) is 0.612. The second-order valence-electron chi connectivity index (χ2n) is 6.06. The maximum Gasteiger partial charge on any atom is 0.249 e. The van der Waals surface area contributed by atoms with E-state index in [-0.39, 0.29) is 5.82 Å². The van der Waals surface area contributed by atoms with Gasteiger partial charge in [0, 0.05) is 22.9 Å². The van der Waals surface area contributed by atoms with Gasteiger partial charge < -0.3 is 10.3 Å². The molecule has 0 fully saturated rings. The van der Waals surface area contributed by atoms with Crippen LogP contribution in [-0.2, 0) is 6.54 Å². The minimum absolute atomic E-state index is 0.312. The van der Waals surface area contributed by atoms with E-state index >= 15 is 0 Å². The molecular weight excluding hydrogens is 329 g/mol. The summed E-state index contributed by atoms with van der Waals surface area (Å²) >= 11 is 0. The Hall–Kier alpha value is -3.65. The molecule has 0 aliphatic heterocycles. The molecule has 0 spiro atoms. The molecule has 3 aromatic carbocycles. The number of hydrogen-bond donors (Lipinski definition) is 1. The van der Waals surface area contributed by atoms with Crippen molar-refractivity contribution < 1.29 is 9.18 Å². The van der Waals surface area contributed by atoms with Gasteiger partial charge in [-0.3, -0.25) is 4.79 Å². The van der Waals surface area contributed by atoms with Gasteiger partial charge in [0.2, 0.25) is 5.91 Å². The van der Waals surface area contributed by atoms with E-state index in [1.807, 2.05) is 18.2 Å². The number of halogens is 1. The monoisotopic (exact) mass is 343 g/mol. The third kappa shape index (κ3) is 2.32. The number of carbonyl (C=O) groups excluding carboxylic acids is 1. The summed E-state index contributed by atoms with van der Waals surface area (Å²) in [5.74, 6) is -0.945. The predicted octanol–water partition coefficient (Wildman–Crippen LogP) is 3.95. The molecule has 0 saturated carbocycles. The molecule has 1 aromatic heterocycles. The summed E-state index contributed by atoms with van der Waals surface area (Å²) in [6, 6.07) is 19.4. The average molecular weight is 343 g/mol. The van der Waals surface area contributed by atoms with Crippen molar-refractivity contribution in [3.63, 3.8) is 0 Å². The van der Waals surface area contributed by atoms with Gasteiger partial charge >= 0.3 is 0 Å². The van der Waals surface area contributed by atoms with Gasteiger partial charge in [-0.25, -0.2) is 4.39 Å². The van der Waals surface area contributed by atoms with Crippen molar-refractivity contribution in [2.75, 3.05) is 0 Å². The maximum absolute atomic E-state index is 14.7. The Morgan fingerprint density at radius 1 is 1.08 bits per heavy atom. The number of carbonyl (C=O) groups is 1. The number of benzene rings is 3. The topological polar surface area (TPSA) is 71.8 Å². The van der Waals surface area contributed by atoms with Crippen LogP contribution in [0.25, 0.3) is 21.8 Å². The first-order valence-electron chi connectivity index (χ1n) is 8.09. The molecule has 1 amide bonds. The third-order valence-electron chi connectivity index (χ3n) is 4.59. The van der Waals surface area contributed by atoms with Crippen molar-refractivity contribution in [2.24, 2.45) is 5.73 Å². The molecule has 2 N–H and O–H groups in total. The van der Waals surface area contributed by atoms with Gasteiger partial charge in [0.25, 0.3) is 0 Å². The van der Waals surface area contributed by atoms with Gasteiger partial charge in [0.15, 0.2) is 0 Å². The minimum Gasteiger partial charge on any atom is -0.366 e. The summed E-state index contributed by atoms with van der Waals surface area (Å²) in [5, 5.41) is 10.6. The summed E-state index contributed by atoms with van der Waals surface area (Å²) in [6.45, 7) is 0.312. The molecule has 0 unspecified atom stereocenters. The lowest BCUT2D eigenvalue weighted by Crippen LogP contribution is -2.11. The van der Waals surface area contributed by atoms with Gasteiger partial charge in [-0.2, -0.15) is 5.26 Å². The van der Waals surface area contributed by atoms with Gasteiger partial charge in [0.05, 0.1) is 22.7 Å². The van der Waals surface area contributed by atoms with Crippen LogP contribution in [0.1, 0.15) is 21.5 Å². The van der Waals surface area contributed by atoms with E-state index in [4.69, 9.17) is 5.73 Å². The lowest BCUT2D eigenvalue weighted by atomic mass is 10.1. The number of amides is 1. The number of primary amides is 1. The zero-order valence-electron chi connectivity index (χ0n) is 13.7. The summed E-state index contributed by atoms with van der Waals surface area (Å²) in [5.41, 5.74) is 8.29. The number of hydrogen-bond acceptors (Lipinski definition) is 2. The smallest absolute Gasteiger partial charge is 0.249 e. The minimum atomic E-state index is -0.559. The molecule has 0 atom stereocenters. The lowest BCUT2D eigenvalue weighted by molar-refractivity contribution is 0.100. The second kappa shape index (κ2) is 6.01. The van der Waals surface area contributed by atoms with Gasteiger partial charge in [-0.15, -0.1) is 0 Å². The summed E-state index contributed by atoms with van der Waals surface area (Å²) in [4.78, 5) is 11.9. The summed E-state index contributed by atoms with van der Waals surface area (Å²) in [7, 11) is 0. The van der Waals surface area contributed by atoms with E-state index in [0.717, 1.165) is 5.56 Å². The highest BCUT2D eigenvalue weighted by molar-refractivity contribution is 6.17. The van der Waals surface area contributed by atoms with Crippen molar-refractivity contribution in [3.05, 3.63) is 83.2 Å². The maximum atomic E-state index is 14.7. The van der Waals surface area contributed by atoms with Gasteiger partial charge in [-0.05, 0) is 29.8 Å². The van der Waals surface area contributed by atoms with Crippen LogP contribution in [0.3, 0.4) is 0 Å². The van der Waals surface area contributed by atoms with Crippen LogP contribution in [0.5, 0.6) is 0 Å². The summed E-state index contributed by atoms with van der Waals surface area (Å²) < 4.78 is 16.5. The summed E-state index contributed by atoms with van der Waals surface area (Å²) in [6.07, 6.45) is 0. The van der Waals surface area contributed by atoms with Crippen molar-refractivity contribution in [1.82, 2.24) is 4.57 Å². The fourth-order valence-corrected chi connectivity index (χ4v) is 3.47. The van der Waals surface area contributed by atoms with Crippen molar-refractivity contribution in [2.45, 2.75) is 6.54 Å². The van der Waals surface area contributed by atoms with E-state index in [0.29, 0.717) is 39.5 Å². The Morgan fingerprint density at radius 2 is 1.85 bits per heavy atom. The predicted molar refractivity (Wildman–Crippen MR) is 98.2 cm³/mol. The van der Waals surface area contributed by atoms with E-state index in [9.17, 15) is 14.4 Å². The van der Waals surface area contributed by atoms with Gasteiger partial charge in [-0.1, -0.05) is 36.4 Å². The molecule has 0 aliphatic rings. The standard InChI is InChI=1S/C21H14FN3O/c22-17-9-3-7-15-19-16(21(24)26)8-4-10-18(19)25(20(15)17)12-14-6-2-1-5-13(14)11-23/h1-10H,12H2,(H2,24,26). The molecule has 0 radical (unpaired) electrons. The molecule has 26 heavy (non-hydrogen) atoms. The van der Waals surface area contributed by atoms with Gasteiger partial charge in [0.1, 0.15) is 5.82 Å². The molecule has 4 aromatic rings. The van der Waals surface area contributed by atoms with E-state index in [1.54, 1.807) is 41.0 Å². The highest BCUT2D eigenvalue weighted by Crippen LogP contribution is 2.33. The molecule has 0 bridgehead atoms. The number of nitrogens with zero attached hydrogens (tertiary/aromatic N) is 2. The van der Waals surface area contributed by atoms with Crippen LogP contribution < -0.4 is 5.73 Å². The highest BCUT2D eigenvalue weighted by Gasteiger charge is 2.19. The van der Waals surface area contributed by atoms with Crippen LogP contribution in [0.15, 0.2) is 60.7 Å². The largest absolute Gasteiger partial charge is 0.366 e. The first kappa shape index (κ1) is 15.9. The zero-order chi connectivity index (χ0) is 18.3. The molecule has 0 saturated heterocycles. The third-order valence-corrected chi connectivity index (χ3v) is 4.59. The number of aromatic nitrogens is 1. The Kier molecular flexibility index (Phi) is 3.67. The normalized spacial score (nSPS) is 10.9. The SMILES string of the molecule is N#Cc1ccccc1Cn1c2cccc(C(N)=O)c2c2cccc(F)c21. The number of nitrogens with two attached hydrogens (primary N) is 1. The first-order chi connectivity index (χ1) is 12.6. The number of nitriles is 1. The number of rotatable bonds is 3. The van der Waals surface area contributed by atoms with Crippen molar-refractivity contribution in [1.29, 1.82) is 5.26 Å². The number of fused-ring (bicyclic) bond motifs is 3. The molecule has 1 heterocycles. The molecule has 5 heteroatoms. The molecule has 4 nitrogen and oxygen atoms in total. The molecule has 126 valence electrons. The van der Waals surface area contributed by atoms with Crippen molar-refractivity contribution in [3.8, 4) is 6.07 Å². The highest BCUT2D eigenvalue weighted by atomic mass is 19.1. The van der Waals surface area contributed by atoms with Crippen LogP contribution in [0.2, 0.25) is 0 Å². The van der Waals surface area contributed by atoms with Crippen LogP contribution in [0, 0.1) is 17.1 Å². The average Bonchev–Trinajstić information content (AvgIpc) is 2.97. The van der Waals surface area contributed by atoms with Crippen molar-refractivity contribution >= 4 is 27.7 Å². The van der Waals surface area contributed by atoms with E-state index < -0.39 is 5.91 Å². The van der Waals surface area contributed by atoms with E-state index in [1.165, 1.54) is 6.07 Å². The molecule has 4 rings (SSSR count). The van der Waals surface area contributed by atoms with Crippen LogP contribution >= 0.6 is 0 Å². The van der Waals surface area contributed by atoms with E-state index in [2.05, 4.69) is 6.07 Å². The van der Waals surface area contributed by atoms with Crippen LogP contribution in [0.4, 0.5) is 4.39 Å². The first-order valence-corrected chi connectivity index (χ1v) is 8.09.